The van der Waals surface area contributed by atoms with Crippen LogP contribution in [0.1, 0.15) is 24.0 Å². The molecule has 0 aliphatic carbocycles. The van der Waals surface area contributed by atoms with Gasteiger partial charge in [0.05, 0.1) is 0 Å². The number of ether oxygens (including phenoxy) is 1. The van der Waals surface area contributed by atoms with Crippen molar-refractivity contribution in [1.82, 2.24) is 10.2 Å². The highest BCUT2D eigenvalue weighted by Gasteiger charge is 2.41. The Kier molecular flexibility index (Phi) is 6.25. The molecule has 2 heterocycles. The number of anilines is 1. The molecular weight excluding hydrogens is 401 g/mol. The van der Waals surface area contributed by atoms with Gasteiger partial charge in [-0.15, -0.1) is 0 Å². The largest absolute Gasteiger partial charge is 0.465 e. The van der Waals surface area contributed by atoms with Crippen LogP contribution < -0.4 is 10.2 Å². The Balaban J connectivity index is 1.28. The van der Waals surface area contributed by atoms with E-state index in [1.807, 2.05) is 36.4 Å². The minimum atomic E-state index is -0.895. The number of hydrogen-bond acceptors (Lipinski definition) is 4. The van der Waals surface area contributed by atoms with E-state index >= 15 is 0 Å². The summed E-state index contributed by atoms with van der Waals surface area (Å²) in [6.45, 7) is 1.36. The van der Waals surface area contributed by atoms with Crippen molar-refractivity contribution in [3.8, 4) is 0 Å². The standard InChI is InChI=1S/C23H26FN3O4/c24-21-12-18(27-19-8-9-20(27)14-26(13-19)23(29)30)7-6-17(21)10-11-25-22(28)31-15-16-4-2-1-3-5-16/h1-7,12,19-20H,8-11,13-15H2,(H,25,28)(H,29,30). The van der Waals surface area contributed by atoms with E-state index in [1.54, 1.807) is 6.07 Å². The molecule has 8 heteroatoms. The first-order valence-electron chi connectivity index (χ1n) is 10.5. The van der Waals surface area contributed by atoms with Gasteiger partial charge in [-0.3, -0.25) is 0 Å². The highest BCUT2D eigenvalue weighted by molar-refractivity contribution is 5.67. The number of alkyl carbamates (subject to hydrolysis) is 1. The molecule has 2 aromatic carbocycles. The van der Waals surface area contributed by atoms with E-state index in [2.05, 4.69) is 10.2 Å². The van der Waals surface area contributed by atoms with Crippen molar-refractivity contribution >= 4 is 17.9 Å². The maximum absolute atomic E-state index is 14.7. The number of amides is 2. The second-order valence-corrected chi connectivity index (χ2v) is 7.99. The van der Waals surface area contributed by atoms with E-state index in [9.17, 15) is 19.1 Å². The van der Waals surface area contributed by atoms with Gasteiger partial charge in [0.15, 0.2) is 0 Å². The molecule has 2 atom stereocenters. The number of halogens is 1. The first kappa shape index (κ1) is 21.0. The van der Waals surface area contributed by atoms with Crippen LogP contribution >= 0.6 is 0 Å². The fourth-order valence-corrected chi connectivity index (χ4v) is 4.45. The number of benzene rings is 2. The van der Waals surface area contributed by atoms with Gasteiger partial charge < -0.3 is 25.0 Å². The molecule has 2 fully saturated rings. The van der Waals surface area contributed by atoms with Crippen LogP contribution in [0.15, 0.2) is 48.5 Å². The Morgan fingerprint density at radius 2 is 1.81 bits per heavy atom. The van der Waals surface area contributed by atoms with Crippen LogP contribution in [0.5, 0.6) is 0 Å². The van der Waals surface area contributed by atoms with Crippen LogP contribution in [-0.2, 0) is 17.8 Å². The Morgan fingerprint density at radius 3 is 2.45 bits per heavy atom. The maximum Gasteiger partial charge on any atom is 0.407 e. The molecule has 164 valence electrons. The third-order valence-corrected chi connectivity index (χ3v) is 5.96. The lowest BCUT2D eigenvalue weighted by molar-refractivity contribution is 0.133. The lowest BCUT2D eigenvalue weighted by Gasteiger charge is -2.41. The van der Waals surface area contributed by atoms with E-state index < -0.39 is 12.2 Å². The smallest absolute Gasteiger partial charge is 0.407 e. The number of nitrogens with one attached hydrogen (secondary N) is 1. The Hall–Kier alpha value is -3.29. The number of nitrogens with zero attached hydrogens (tertiary/aromatic N) is 2. The minimum absolute atomic E-state index is 0.0844. The molecule has 2 unspecified atom stereocenters. The van der Waals surface area contributed by atoms with Gasteiger partial charge in [0.25, 0.3) is 0 Å². The number of carboxylic acid groups (broad SMARTS) is 1. The molecule has 0 radical (unpaired) electrons. The number of fused-ring (bicyclic) bond motifs is 2. The summed E-state index contributed by atoms with van der Waals surface area (Å²) in [6, 6.07) is 14.7. The summed E-state index contributed by atoms with van der Waals surface area (Å²) < 4.78 is 19.9. The van der Waals surface area contributed by atoms with Crippen molar-refractivity contribution in [2.45, 2.75) is 38.0 Å². The number of piperazine rings is 1. The van der Waals surface area contributed by atoms with E-state index in [0.29, 0.717) is 25.1 Å². The third kappa shape index (κ3) is 4.90. The third-order valence-electron chi connectivity index (χ3n) is 5.96. The molecule has 31 heavy (non-hydrogen) atoms. The normalized spacial score (nSPS) is 19.9. The molecule has 4 rings (SSSR count). The van der Waals surface area contributed by atoms with Gasteiger partial charge in [0, 0.05) is 37.4 Å². The van der Waals surface area contributed by atoms with E-state index in [1.165, 1.54) is 11.0 Å². The molecule has 2 saturated heterocycles. The Labute approximate surface area is 180 Å². The van der Waals surface area contributed by atoms with Gasteiger partial charge >= 0.3 is 12.2 Å². The van der Waals surface area contributed by atoms with Crippen LogP contribution in [-0.4, -0.2) is 53.9 Å². The second kappa shape index (κ2) is 9.24. The van der Waals surface area contributed by atoms with Crippen LogP contribution in [0, 0.1) is 5.82 Å². The van der Waals surface area contributed by atoms with Gasteiger partial charge in [0.2, 0.25) is 0 Å². The average molecular weight is 427 g/mol. The Morgan fingerprint density at radius 1 is 1.10 bits per heavy atom. The van der Waals surface area contributed by atoms with E-state index in [-0.39, 0.29) is 31.1 Å². The quantitative estimate of drug-likeness (QED) is 0.736. The SMILES string of the molecule is O=C(NCCc1ccc(N2C3CCC2CN(C(=O)O)C3)cc1F)OCc1ccccc1. The minimum Gasteiger partial charge on any atom is -0.465 e. The highest BCUT2D eigenvalue weighted by Crippen LogP contribution is 2.35. The number of likely N-dealkylation sites (tertiary alicyclic amines) is 1. The summed E-state index contributed by atoms with van der Waals surface area (Å²) in [5.74, 6) is -0.322. The lowest BCUT2D eigenvalue weighted by atomic mass is 10.1. The zero-order valence-corrected chi connectivity index (χ0v) is 17.2. The van der Waals surface area contributed by atoms with Crippen molar-refractivity contribution in [3.05, 3.63) is 65.5 Å². The molecule has 2 aromatic rings. The summed E-state index contributed by atoms with van der Waals surface area (Å²) >= 11 is 0. The zero-order valence-electron chi connectivity index (χ0n) is 17.2. The number of rotatable bonds is 6. The average Bonchev–Trinajstić information content (AvgIpc) is 3.03. The summed E-state index contributed by atoms with van der Waals surface area (Å²) in [5.41, 5.74) is 2.20. The fourth-order valence-electron chi connectivity index (χ4n) is 4.45. The Bertz CT molecular complexity index is 926. The lowest BCUT2D eigenvalue weighted by Crippen LogP contribution is -2.55. The predicted molar refractivity (Wildman–Crippen MR) is 114 cm³/mol. The summed E-state index contributed by atoms with van der Waals surface area (Å²) in [5, 5.41) is 11.9. The molecular formula is C23H26FN3O4. The van der Waals surface area contributed by atoms with Crippen LogP contribution in [0.25, 0.3) is 0 Å². The predicted octanol–water partition coefficient (Wildman–Crippen LogP) is 3.63. The number of carbonyl (C=O) groups is 2. The molecule has 0 aromatic heterocycles. The first-order valence-corrected chi connectivity index (χ1v) is 10.5. The molecule has 0 spiro atoms. The summed E-state index contributed by atoms with van der Waals surface area (Å²) in [7, 11) is 0. The summed E-state index contributed by atoms with van der Waals surface area (Å²) in [4.78, 5) is 26.7. The first-order chi connectivity index (χ1) is 15.0. The van der Waals surface area contributed by atoms with Crippen molar-refractivity contribution in [3.63, 3.8) is 0 Å². The maximum atomic E-state index is 14.7. The van der Waals surface area contributed by atoms with Gasteiger partial charge in [-0.05, 0) is 42.5 Å². The topological polar surface area (TPSA) is 82.1 Å². The van der Waals surface area contributed by atoms with Crippen LogP contribution in [0.3, 0.4) is 0 Å². The van der Waals surface area contributed by atoms with Gasteiger partial charge in [0.1, 0.15) is 12.4 Å². The molecule has 2 aliphatic rings. The molecule has 2 bridgehead atoms. The number of hydrogen-bond donors (Lipinski definition) is 2. The van der Waals surface area contributed by atoms with Crippen molar-refractivity contribution in [2.75, 3.05) is 24.5 Å². The van der Waals surface area contributed by atoms with Crippen LogP contribution in [0.2, 0.25) is 0 Å². The second-order valence-electron chi connectivity index (χ2n) is 7.99. The van der Waals surface area contributed by atoms with Crippen molar-refractivity contribution in [1.29, 1.82) is 0 Å². The summed E-state index contributed by atoms with van der Waals surface area (Å²) in [6.07, 6.45) is 0.743. The van der Waals surface area contributed by atoms with Gasteiger partial charge in [-0.25, -0.2) is 14.0 Å². The van der Waals surface area contributed by atoms with Crippen molar-refractivity contribution < 1.29 is 23.8 Å². The van der Waals surface area contributed by atoms with E-state index in [0.717, 1.165) is 24.1 Å². The molecule has 2 aliphatic heterocycles. The monoisotopic (exact) mass is 427 g/mol. The zero-order chi connectivity index (χ0) is 21.8. The molecule has 7 nitrogen and oxygen atoms in total. The van der Waals surface area contributed by atoms with Gasteiger partial charge in [-0.2, -0.15) is 0 Å². The van der Waals surface area contributed by atoms with Gasteiger partial charge in [-0.1, -0.05) is 36.4 Å². The molecule has 2 N–H and O–H groups in total. The van der Waals surface area contributed by atoms with E-state index in [4.69, 9.17) is 4.74 Å². The van der Waals surface area contributed by atoms with Crippen LogP contribution in [0.4, 0.5) is 19.7 Å². The molecule has 0 saturated carbocycles. The highest BCUT2D eigenvalue weighted by atomic mass is 19.1. The fraction of sp³-hybridized carbons (Fsp3) is 0.391. The molecule has 2 amide bonds. The number of carbonyl (C=O) groups excluding carboxylic acids is 1. The van der Waals surface area contributed by atoms with Crippen molar-refractivity contribution in [2.24, 2.45) is 0 Å².